The number of thiophene rings is 1. The molecule has 1 aromatic heterocycles. The normalized spacial score (nSPS) is 13.0. The first-order chi connectivity index (χ1) is 7.68. The van der Waals surface area contributed by atoms with Gasteiger partial charge in [-0.05, 0) is 28.5 Å². The highest BCUT2D eigenvalue weighted by Crippen LogP contribution is 2.25. The summed E-state index contributed by atoms with van der Waals surface area (Å²) in [5.74, 6) is 0.576. The maximum absolute atomic E-state index is 6.20. The smallest absolute Gasteiger partial charge is 0.0645 e. The third-order valence-corrected chi connectivity index (χ3v) is 3.77. The topological polar surface area (TPSA) is 26.0 Å². The SMILES string of the molecule is CC(C)c1ccc([C@@H](N)c2cccs2)cc1. The van der Waals surface area contributed by atoms with E-state index in [4.69, 9.17) is 5.73 Å². The monoisotopic (exact) mass is 231 g/mol. The standard InChI is InChI=1S/C14H17NS/c1-10(2)11-5-7-12(8-6-11)14(15)13-4-3-9-16-13/h3-10,14H,15H2,1-2H3/t14-/m1/s1. The van der Waals surface area contributed by atoms with E-state index >= 15 is 0 Å². The van der Waals surface area contributed by atoms with Gasteiger partial charge in [-0.15, -0.1) is 11.3 Å². The summed E-state index contributed by atoms with van der Waals surface area (Å²) in [6, 6.07) is 12.8. The van der Waals surface area contributed by atoms with Crippen molar-refractivity contribution in [1.29, 1.82) is 0 Å². The Hall–Kier alpha value is -1.12. The lowest BCUT2D eigenvalue weighted by molar-refractivity contribution is 0.854. The third-order valence-electron chi connectivity index (χ3n) is 2.81. The van der Waals surface area contributed by atoms with E-state index in [-0.39, 0.29) is 6.04 Å². The van der Waals surface area contributed by atoms with E-state index in [1.165, 1.54) is 16.0 Å². The molecule has 1 atom stereocenters. The van der Waals surface area contributed by atoms with Crippen LogP contribution in [-0.2, 0) is 0 Å². The molecule has 0 aliphatic heterocycles. The minimum Gasteiger partial charge on any atom is -0.320 e. The van der Waals surface area contributed by atoms with Gasteiger partial charge in [0, 0.05) is 4.88 Å². The summed E-state index contributed by atoms with van der Waals surface area (Å²) in [5.41, 5.74) is 8.75. The van der Waals surface area contributed by atoms with Crippen molar-refractivity contribution in [1.82, 2.24) is 0 Å². The molecule has 0 aliphatic carbocycles. The highest BCUT2D eigenvalue weighted by Gasteiger charge is 2.09. The fourth-order valence-electron chi connectivity index (χ4n) is 1.72. The van der Waals surface area contributed by atoms with Gasteiger partial charge in [0.25, 0.3) is 0 Å². The molecular formula is C14H17NS. The van der Waals surface area contributed by atoms with Gasteiger partial charge in [-0.2, -0.15) is 0 Å². The van der Waals surface area contributed by atoms with Crippen LogP contribution in [0.5, 0.6) is 0 Å². The van der Waals surface area contributed by atoms with E-state index in [9.17, 15) is 0 Å². The highest BCUT2D eigenvalue weighted by molar-refractivity contribution is 7.10. The largest absolute Gasteiger partial charge is 0.320 e. The molecule has 2 heteroatoms. The maximum atomic E-state index is 6.20. The molecule has 0 amide bonds. The first-order valence-corrected chi connectivity index (χ1v) is 6.45. The van der Waals surface area contributed by atoms with Crippen LogP contribution in [-0.4, -0.2) is 0 Å². The van der Waals surface area contributed by atoms with Crippen molar-refractivity contribution < 1.29 is 0 Å². The Balaban J connectivity index is 2.22. The second-order valence-electron chi connectivity index (χ2n) is 4.31. The number of benzene rings is 1. The Bertz CT molecular complexity index is 428. The lowest BCUT2D eigenvalue weighted by Gasteiger charge is -2.12. The molecular weight excluding hydrogens is 214 g/mol. The molecule has 0 radical (unpaired) electrons. The molecule has 16 heavy (non-hydrogen) atoms. The van der Waals surface area contributed by atoms with Gasteiger partial charge < -0.3 is 5.73 Å². The quantitative estimate of drug-likeness (QED) is 0.851. The van der Waals surface area contributed by atoms with Crippen LogP contribution in [0.4, 0.5) is 0 Å². The molecule has 0 bridgehead atoms. The Morgan fingerprint density at radius 2 is 1.62 bits per heavy atom. The zero-order chi connectivity index (χ0) is 11.5. The van der Waals surface area contributed by atoms with Crippen molar-refractivity contribution in [2.24, 2.45) is 5.73 Å². The zero-order valence-corrected chi connectivity index (χ0v) is 10.5. The van der Waals surface area contributed by atoms with Crippen molar-refractivity contribution in [3.8, 4) is 0 Å². The van der Waals surface area contributed by atoms with Gasteiger partial charge in [0.1, 0.15) is 0 Å². The van der Waals surface area contributed by atoms with Crippen molar-refractivity contribution in [3.63, 3.8) is 0 Å². The second kappa shape index (κ2) is 4.81. The van der Waals surface area contributed by atoms with Gasteiger partial charge in [0.05, 0.1) is 6.04 Å². The van der Waals surface area contributed by atoms with Crippen LogP contribution < -0.4 is 5.73 Å². The van der Waals surface area contributed by atoms with E-state index < -0.39 is 0 Å². The molecule has 0 spiro atoms. The predicted octanol–water partition coefficient (Wildman–Crippen LogP) is 3.92. The van der Waals surface area contributed by atoms with E-state index in [1.54, 1.807) is 11.3 Å². The van der Waals surface area contributed by atoms with Crippen LogP contribution >= 0.6 is 11.3 Å². The molecule has 2 rings (SSSR count). The molecule has 1 aromatic carbocycles. The van der Waals surface area contributed by atoms with Gasteiger partial charge in [0.15, 0.2) is 0 Å². The Labute approximate surface area is 101 Å². The highest BCUT2D eigenvalue weighted by atomic mass is 32.1. The van der Waals surface area contributed by atoms with Crippen molar-refractivity contribution >= 4 is 11.3 Å². The molecule has 2 aromatic rings. The molecule has 1 nitrogen and oxygen atoms in total. The zero-order valence-electron chi connectivity index (χ0n) is 9.68. The number of nitrogens with two attached hydrogens (primary N) is 1. The van der Waals surface area contributed by atoms with Crippen LogP contribution in [0.2, 0.25) is 0 Å². The second-order valence-corrected chi connectivity index (χ2v) is 5.29. The minimum atomic E-state index is 0.0150. The molecule has 0 aliphatic rings. The first-order valence-electron chi connectivity index (χ1n) is 5.57. The van der Waals surface area contributed by atoms with Gasteiger partial charge in [-0.1, -0.05) is 44.2 Å². The first kappa shape index (κ1) is 11.4. The minimum absolute atomic E-state index is 0.0150. The molecule has 0 fully saturated rings. The fraction of sp³-hybridized carbons (Fsp3) is 0.286. The summed E-state index contributed by atoms with van der Waals surface area (Å²) in [7, 11) is 0. The number of hydrogen-bond donors (Lipinski definition) is 1. The lowest BCUT2D eigenvalue weighted by atomic mass is 9.99. The average Bonchev–Trinajstić information content (AvgIpc) is 2.81. The van der Waals surface area contributed by atoms with Crippen molar-refractivity contribution in [2.75, 3.05) is 0 Å². The average molecular weight is 231 g/mol. The number of rotatable bonds is 3. The fourth-order valence-corrected chi connectivity index (χ4v) is 2.47. The summed E-state index contributed by atoms with van der Waals surface area (Å²) in [6.45, 7) is 4.41. The van der Waals surface area contributed by atoms with Crippen molar-refractivity contribution in [3.05, 3.63) is 57.8 Å². The van der Waals surface area contributed by atoms with Crippen LogP contribution in [0.25, 0.3) is 0 Å². The summed E-state index contributed by atoms with van der Waals surface area (Å²) >= 11 is 1.71. The van der Waals surface area contributed by atoms with E-state index in [0.717, 1.165) is 0 Å². The van der Waals surface area contributed by atoms with Crippen LogP contribution in [0.3, 0.4) is 0 Å². The summed E-state index contributed by atoms with van der Waals surface area (Å²) in [6.07, 6.45) is 0. The molecule has 0 saturated heterocycles. The molecule has 0 saturated carbocycles. The summed E-state index contributed by atoms with van der Waals surface area (Å²) < 4.78 is 0. The molecule has 2 N–H and O–H groups in total. The van der Waals surface area contributed by atoms with Crippen LogP contribution in [0.1, 0.15) is 41.8 Å². The Kier molecular flexibility index (Phi) is 3.42. The lowest BCUT2D eigenvalue weighted by Crippen LogP contribution is -2.10. The van der Waals surface area contributed by atoms with Gasteiger partial charge >= 0.3 is 0 Å². The number of hydrogen-bond acceptors (Lipinski definition) is 2. The van der Waals surface area contributed by atoms with E-state index in [1.807, 2.05) is 6.07 Å². The van der Waals surface area contributed by atoms with Gasteiger partial charge in [-0.3, -0.25) is 0 Å². The van der Waals surface area contributed by atoms with Crippen LogP contribution in [0, 0.1) is 0 Å². The summed E-state index contributed by atoms with van der Waals surface area (Å²) in [4.78, 5) is 1.22. The predicted molar refractivity (Wildman–Crippen MR) is 70.9 cm³/mol. The van der Waals surface area contributed by atoms with E-state index in [2.05, 4.69) is 49.6 Å². The third kappa shape index (κ3) is 2.34. The molecule has 0 unspecified atom stereocenters. The van der Waals surface area contributed by atoms with Gasteiger partial charge in [0.2, 0.25) is 0 Å². The van der Waals surface area contributed by atoms with Gasteiger partial charge in [-0.25, -0.2) is 0 Å². The van der Waals surface area contributed by atoms with Crippen LogP contribution in [0.15, 0.2) is 41.8 Å². The Morgan fingerprint density at radius 3 is 2.12 bits per heavy atom. The molecule has 84 valence electrons. The van der Waals surface area contributed by atoms with Crippen molar-refractivity contribution in [2.45, 2.75) is 25.8 Å². The van der Waals surface area contributed by atoms with E-state index in [0.29, 0.717) is 5.92 Å². The summed E-state index contributed by atoms with van der Waals surface area (Å²) in [5, 5.41) is 2.07. The maximum Gasteiger partial charge on any atom is 0.0645 e. The Morgan fingerprint density at radius 1 is 1.00 bits per heavy atom. The molecule has 1 heterocycles.